The molecule has 3 N–H and O–H groups in total. The molecule has 0 aliphatic carbocycles. The third-order valence-corrected chi connectivity index (χ3v) is 7.57. The van der Waals surface area contributed by atoms with E-state index in [9.17, 15) is 24.0 Å². The number of anilines is 3. The average Bonchev–Trinajstić information content (AvgIpc) is 3.76. The average molecular weight is 753 g/mol. The quantitative estimate of drug-likeness (QED) is 0.133. The molecule has 0 aliphatic rings. The van der Waals surface area contributed by atoms with Crippen LogP contribution >= 0.6 is 0 Å². The van der Waals surface area contributed by atoms with Gasteiger partial charge in [-0.05, 0) is 77.4 Å². The van der Waals surface area contributed by atoms with E-state index >= 15 is 0 Å². The van der Waals surface area contributed by atoms with Crippen LogP contribution in [0.15, 0.2) is 73.2 Å². The Morgan fingerprint density at radius 2 is 1.07 bits per heavy atom. The van der Waals surface area contributed by atoms with Gasteiger partial charge in [-0.1, -0.05) is 24.3 Å². The summed E-state index contributed by atoms with van der Waals surface area (Å²) in [5, 5.41) is 7.98. The molecule has 15 heteroatoms. The fourth-order valence-electron chi connectivity index (χ4n) is 5.23. The number of hydrogen-bond donors (Lipinski definition) is 3. The molecule has 0 unspecified atom stereocenters. The molecule has 3 aromatic heterocycles. The maximum atomic E-state index is 12.7. The normalized spacial score (nSPS) is 11.2. The number of aryl methyl sites for hydroxylation is 3. The van der Waals surface area contributed by atoms with Crippen molar-refractivity contribution in [2.24, 2.45) is 21.1 Å². The maximum Gasteiger partial charge on any atom is 0.413 e. The van der Waals surface area contributed by atoms with Gasteiger partial charge in [-0.25, -0.2) is 19.6 Å². The van der Waals surface area contributed by atoms with E-state index in [-0.39, 0.29) is 23.2 Å². The molecule has 0 aliphatic heterocycles. The summed E-state index contributed by atoms with van der Waals surface area (Å²) in [6.07, 6.45) is 4.07. The first-order valence-corrected chi connectivity index (χ1v) is 17.4. The fraction of sp³-hybridized carbons (Fsp3) is 0.325. The van der Waals surface area contributed by atoms with E-state index < -0.39 is 29.3 Å². The van der Waals surface area contributed by atoms with Crippen LogP contribution in [0.25, 0.3) is 22.4 Å². The molecule has 15 nitrogen and oxygen atoms in total. The predicted molar refractivity (Wildman–Crippen MR) is 210 cm³/mol. The Morgan fingerprint density at radius 1 is 0.564 bits per heavy atom. The van der Waals surface area contributed by atoms with E-state index in [4.69, 9.17) is 9.47 Å². The van der Waals surface area contributed by atoms with Crippen LogP contribution in [0, 0.1) is 0 Å². The first-order chi connectivity index (χ1) is 25.6. The number of Topliss-reactive ketones (excluding diaryl/α,β-unsaturated/α-hetero) is 2. The van der Waals surface area contributed by atoms with Gasteiger partial charge in [0.15, 0.2) is 23.2 Å². The first-order valence-electron chi connectivity index (χ1n) is 17.4. The third kappa shape index (κ3) is 11.7. The molecular weight excluding hydrogens is 704 g/mol. The molecular formula is C40H48N8O7. The SMILES string of the molecule is CC(=O)c1cc(-c2ccc(NC(=O)c3nc(NC(=O)OC(C)(C)C)cn3C)cc2)cn1C.CC(=O)c1nc(-c2ccc(NC(=O)OC(C)(C)C)cc2)cn1C. The molecule has 5 rings (SSSR count). The van der Waals surface area contributed by atoms with Crippen LogP contribution in [0.4, 0.5) is 26.8 Å². The highest BCUT2D eigenvalue weighted by Gasteiger charge is 2.20. The third-order valence-electron chi connectivity index (χ3n) is 7.57. The van der Waals surface area contributed by atoms with Gasteiger partial charge in [0.1, 0.15) is 11.2 Å². The van der Waals surface area contributed by atoms with Crippen LogP contribution in [0.3, 0.4) is 0 Å². The van der Waals surface area contributed by atoms with Crippen LogP contribution in [-0.2, 0) is 30.6 Å². The van der Waals surface area contributed by atoms with Crippen LogP contribution in [0.5, 0.6) is 0 Å². The number of ether oxygens (including phenoxy) is 2. The molecule has 3 amide bonds. The molecule has 0 spiro atoms. The summed E-state index contributed by atoms with van der Waals surface area (Å²) in [6.45, 7) is 13.7. The van der Waals surface area contributed by atoms with E-state index in [1.54, 1.807) is 74.5 Å². The van der Waals surface area contributed by atoms with Crippen LogP contribution < -0.4 is 16.0 Å². The summed E-state index contributed by atoms with van der Waals surface area (Å²) < 4.78 is 15.4. The van der Waals surface area contributed by atoms with E-state index in [1.807, 2.05) is 64.3 Å². The topological polar surface area (TPSA) is 180 Å². The van der Waals surface area contributed by atoms with Crippen molar-refractivity contribution < 1.29 is 33.4 Å². The van der Waals surface area contributed by atoms with Gasteiger partial charge in [0.05, 0.1) is 11.4 Å². The van der Waals surface area contributed by atoms with Gasteiger partial charge >= 0.3 is 12.2 Å². The number of amides is 3. The Balaban J connectivity index is 0.000000258. The smallest absolute Gasteiger partial charge is 0.413 e. The molecule has 0 bridgehead atoms. The van der Waals surface area contributed by atoms with Crippen molar-refractivity contribution in [3.8, 4) is 22.4 Å². The summed E-state index contributed by atoms with van der Waals surface area (Å²) in [6, 6.07) is 16.3. The number of rotatable bonds is 8. The lowest BCUT2D eigenvalue weighted by atomic mass is 10.1. The Labute approximate surface area is 320 Å². The largest absolute Gasteiger partial charge is 0.444 e. The van der Waals surface area contributed by atoms with Gasteiger partial charge in [0.2, 0.25) is 5.82 Å². The number of ketones is 2. The fourth-order valence-corrected chi connectivity index (χ4v) is 5.23. The van der Waals surface area contributed by atoms with Crippen molar-refractivity contribution in [1.82, 2.24) is 23.7 Å². The number of benzene rings is 2. The number of hydrogen-bond acceptors (Lipinski definition) is 9. The van der Waals surface area contributed by atoms with Gasteiger partial charge in [-0.2, -0.15) is 0 Å². The Kier molecular flexibility index (Phi) is 12.5. The molecule has 3 heterocycles. The van der Waals surface area contributed by atoms with Gasteiger partial charge < -0.3 is 28.5 Å². The number of imidazole rings is 2. The van der Waals surface area contributed by atoms with Crippen molar-refractivity contribution in [3.63, 3.8) is 0 Å². The molecule has 55 heavy (non-hydrogen) atoms. The molecule has 0 radical (unpaired) electrons. The number of nitrogens with zero attached hydrogens (tertiary/aromatic N) is 5. The minimum absolute atomic E-state index is 0.00164. The zero-order valence-corrected chi connectivity index (χ0v) is 33.0. The lowest BCUT2D eigenvalue weighted by Crippen LogP contribution is -2.27. The van der Waals surface area contributed by atoms with E-state index in [1.165, 1.54) is 24.6 Å². The second-order valence-corrected chi connectivity index (χ2v) is 14.8. The second-order valence-electron chi connectivity index (χ2n) is 14.8. The highest BCUT2D eigenvalue weighted by molar-refractivity contribution is 6.02. The van der Waals surface area contributed by atoms with E-state index in [0.29, 0.717) is 28.6 Å². The van der Waals surface area contributed by atoms with Gasteiger partial charge in [-0.3, -0.25) is 25.0 Å². The molecule has 2 aromatic carbocycles. The van der Waals surface area contributed by atoms with Gasteiger partial charge in [0, 0.05) is 76.1 Å². The van der Waals surface area contributed by atoms with Crippen molar-refractivity contribution in [3.05, 3.63) is 90.5 Å². The highest BCUT2D eigenvalue weighted by atomic mass is 16.6. The summed E-state index contributed by atoms with van der Waals surface area (Å²) in [7, 11) is 5.27. The molecule has 0 atom stereocenters. The molecule has 5 aromatic rings. The van der Waals surface area contributed by atoms with Gasteiger partial charge in [0.25, 0.3) is 5.91 Å². The standard InChI is InChI=1S/C23H27N5O4.C17H21N3O3/c1-14(29)18-11-16(12-27(18)5)15-7-9-17(10-8-15)24-21(30)20-25-19(13-28(20)6)26-22(31)32-23(2,3)4;1-11(21)15-19-14(10-20(15)5)12-6-8-13(9-7-12)18-16(22)23-17(2,3)4/h7-13H,1-6H3,(H,24,30)(H,26,31);6-10H,1-5H3,(H,18,22). The predicted octanol–water partition coefficient (Wildman–Crippen LogP) is 7.86. The molecule has 0 saturated carbocycles. The van der Waals surface area contributed by atoms with Crippen molar-refractivity contribution in [2.75, 3.05) is 16.0 Å². The van der Waals surface area contributed by atoms with E-state index in [2.05, 4.69) is 25.9 Å². The monoisotopic (exact) mass is 752 g/mol. The number of carbonyl (C=O) groups is 5. The second kappa shape index (κ2) is 16.7. The number of carbonyl (C=O) groups excluding carboxylic acids is 5. The van der Waals surface area contributed by atoms with Crippen LogP contribution in [0.1, 0.15) is 87.1 Å². The Bertz CT molecular complexity index is 2200. The lowest BCUT2D eigenvalue weighted by Gasteiger charge is -2.19. The summed E-state index contributed by atoms with van der Waals surface area (Å²) in [5.41, 5.74) is 4.08. The molecule has 0 saturated heterocycles. The molecule has 0 fully saturated rings. The minimum Gasteiger partial charge on any atom is -0.444 e. The van der Waals surface area contributed by atoms with Crippen molar-refractivity contribution >= 4 is 46.9 Å². The van der Waals surface area contributed by atoms with Crippen molar-refractivity contribution in [1.29, 1.82) is 0 Å². The summed E-state index contributed by atoms with van der Waals surface area (Å²) >= 11 is 0. The summed E-state index contributed by atoms with van der Waals surface area (Å²) in [4.78, 5) is 67.9. The zero-order valence-electron chi connectivity index (χ0n) is 33.0. The highest BCUT2D eigenvalue weighted by Crippen LogP contribution is 2.25. The van der Waals surface area contributed by atoms with E-state index in [0.717, 1.165) is 16.7 Å². The maximum absolute atomic E-state index is 12.7. The number of aromatic nitrogens is 5. The zero-order chi connectivity index (χ0) is 40.8. The lowest BCUT2D eigenvalue weighted by molar-refractivity contribution is 0.0624. The van der Waals surface area contributed by atoms with Crippen molar-refractivity contribution in [2.45, 2.75) is 66.6 Å². The molecule has 290 valence electrons. The number of nitrogens with one attached hydrogen (secondary N) is 3. The van der Waals surface area contributed by atoms with Crippen LogP contribution in [-0.4, -0.2) is 64.5 Å². The minimum atomic E-state index is -0.646. The summed E-state index contributed by atoms with van der Waals surface area (Å²) in [5.74, 6) is 0.258. The first kappa shape index (κ1) is 41.2. The Hall–Kier alpha value is -6.51. The van der Waals surface area contributed by atoms with Crippen LogP contribution in [0.2, 0.25) is 0 Å². The van der Waals surface area contributed by atoms with Gasteiger partial charge in [-0.15, -0.1) is 0 Å². The Morgan fingerprint density at radius 3 is 1.56 bits per heavy atom.